The van der Waals surface area contributed by atoms with Crippen LogP contribution in [0.15, 0.2) is 48.7 Å². The number of halogens is 1. The summed E-state index contributed by atoms with van der Waals surface area (Å²) in [5.41, 5.74) is 2.15. The van der Waals surface area contributed by atoms with Crippen LogP contribution in [0.2, 0.25) is 5.02 Å². The van der Waals surface area contributed by atoms with E-state index in [4.69, 9.17) is 16.3 Å². The SMILES string of the molecule is Cc1ccnc2c([N+](=O)[O-])cc(OCc3ccc(Cl)cc3)cc12. The minimum Gasteiger partial charge on any atom is -0.489 e. The van der Waals surface area contributed by atoms with Crippen molar-refractivity contribution in [2.45, 2.75) is 13.5 Å². The second-order valence-electron chi connectivity index (χ2n) is 5.14. The standard InChI is InChI=1S/C17H13ClN2O3/c1-11-6-7-19-17-15(11)8-14(9-16(17)20(21)22)23-10-12-2-4-13(18)5-3-12/h2-9H,10H2,1H3. The van der Waals surface area contributed by atoms with Crippen LogP contribution >= 0.6 is 11.6 Å². The molecule has 0 spiro atoms. The molecule has 0 aliphatic heterocycles. The zero-order valence-electron chi connectivity index (χ0n) is 12.3. The van der Waals surface area contributed by atoms with Crippen LogP contribution in [-0.4, -0.2) is 9.91 Å². The summed E-state index contributed by atoms with van der Waals surface area (Å²) in [7, 11) is 0. The van der Waals surface area contributed by atoms with Crippen LogP contribution in [-0.2, 0) is 6.61 Å². The number of fused-ring (bicyclic) bond motifs is 1. The van der Waals surface area contributed by atoms with Crippen LogP contribution in [0.5, 0.6) is 5.75 Å². The van der Waals surface area contributed by atoms with Crippen molar-refractivity contribution < 1.29 is 9.66 Å². The average Bonchev–Trinajstić information content (AvgIpc) is 2.54. The number of aryl methyl sites for hydroxylation is 1. The van der Waals surface area contributed by atoms with Gasteiger partial charge in [0.05, 0.1) is 11.0 Å². The predicted octanol–water partition coefficient (Wildman–Crippen LogP) is 4.68. The second-order valence-corrected chi connectivity index (χ2v) is 5.58. The minimum atomic E-state index is -0.441. The lowest BCUT2D eigenvalue weighted by Crippen LogP contribution is -1.98. The third-order valence-corrected chi connectivity index (χ3v) is 3.78. The van der Waals surface area contributed by atoms with Crippen LogP contribution in [0.25, 0.3) is 10.9 Å². The van der Waals surface area contributed by atoms with Gasteiger partial charge in [0.1, 0.15) is 17.9 Å². The van der Waals surface area contributed by atoms with E-state index in [9.17, 15) is 10.1 Å². The van der Waals surface area contributed by atoms with E-state index in [0.717, 1.165) is 11.1 Å². The number of hydrogen-bond donors (Lipinski definition) is 0. The van der Waals surface area contributed by atoms with Crippen LogP contribution in [0.3, 0.4) is 0 Å². The first kappa shape index (κ1) is 15.2. The Labute approximate surface area is 137 Å². The highest BCUT2D eigenvalue weighted by molar-refractivity contribution is 6.30. The van der Waals surface area contributed by atoms with E-state index in [0.29, 0.717) is 28.3 Å². The Balaban J connectivity index is 1.96. The van der Waals surface area contributed by atoms with E-state index >= 15 is 0 Å². The van der Waals surface area contributed by atoms with Gasteiger partial charge in [0, 0.05) is 16.6 Å². The number of benzene rings is 2. The first-order valence-corrected chi connectivity index (χ1v) is 7.33. The monoisotopic (exact) mass is 328 g/mol. The molecule has 6 heteroatoms. The molecule has 0 saturated heterocycles. The average molecular weight is 329 g/mol. The summed E-state index contributed by atoms with van der Waals surface area (Å²) in [5, 5.41) is 12.7. The molecule has 116 valence electrons. The molecule has 0 unspecified atom stereocenters. The third-order valence-electron chi connectivity index (χ3n) is 3.53. The Morgan fingerprint density at radius 1 is 1.22 bits per heavy atom. The van der Waals surface area contributed by atoms with Gasteiger partial charge in [-0.2, -0.15) is 0 Å². The van der Waals surface area contributed by atoms with Crippen LogP contribution in [0, 0.1) is 17.0 Å². The zero-order chi connectivity index (χ0) is 16.4. The zero-order valence-corrected chi connectivity index (χ0v) is 13.1. The molecular weight excluding hydrogens is 316 g/mol. The molecule has 0 aliphatic rings. The van der Waals surface area contributed by atoms with Crippen molar-refractivity contribution in [2.24, 2.45) is 0 Å². The van der Waals surface area contributed by atoms with E-state index in [-0.39, 0.29) is 5.69 Å². The Kier molecular flexibility index (Phi) is 4.12. The molecule has 0 amide bonds. The van der Waals surface area contributed by atoms with Gasteiger partial charge in [-0.25, -0.2) is 4.98 Å². The number of non-ortho nitro benzene ring substituents is 1. The quantitative estimate of drug-likeness (QED) is 0.515. The van der Waals surface area contributed by atoms with E-state index in [1.807, 2.05) is 25.1 Å². The Morgan fingerprint density at radius 2 is 1.96 bits per heavy atom. The van der Waals surface area contributed by atoms with Crippen molar-refractivity contribution >= 4 is 28.2 Å². The lowest BCUT2D eigenvalue weighted by atomic mass is 10.1. The molecule has 3 rings (SSSR count). The van der Waals surface area contributed by atoms with Gasteiger partial charge in [0.25, 0.3) is 5.69 Å². The van der Waals surface area contributed by atoms with Gasteiger partial charge in [-0.3, -0.25) is 10.1 Å². The molecule has 0 bridgehead atoms. The van der Waals surface area contributed by atoms with Crippen molar-refractivity contribution in [3.63, 3.8) is 0 Å². The summed E-state index contributed by atoms with van der Waals surface area (Å²) in [6.07, 6.45) is 1.57. The van der Waals surface area contributed by atoms with Gasteiger partial charge in [-0.15, -0.1) is 0 Å². The number of nitro benzene ring substituents is 1. The highest BCUT2D eigenvalue weighted by atomic mass is 35.5. The molecular formula is C17H13ClN2O3. The number of ether oxygens (including phenoxy) is 1. The fourth-order valence-corrected chi connectivity index (χ4v) is 2.44. The Bertz CT molecular complexity index is 879. The normalized spacial score (nSPS) is 10.7. The maximum Gasteiger partial charge on any atom is 0.299 e. The molecule has 0 N–H and O–H groups in total. The lowest BCUT2D eigenvalue weighted by molar-refractivity contribution is -0.383. The summed E-state index contributed by atoms with van der Waals surface area (Å²) < 4.78 is 5.71. The van der Waals surface area contributed by atoms with Gasteiger partial charge in [-0.1, -0.05) is 23.7 Å². The fourth-order valence-electron chi connectivity index (χ4n) is 2.31. The molecule has 0 radical (unpaired) electrons. The fraction of sp³-hybridized carbons (Fsp3) is 0.118. The van der Waals surface area contributed by atoms with Crippen molar-refractivity contribution in [3.8, 4) is 5.75 Å². The van der Waals surface area contributed by atoms with Crippen molar-refractivity contribution in [3.05, 3.63) is 74.9 Å². The van der Waals surface area contributed by atoms with Gasteiger partial charge in [-0.05, 0) is 42.3 Å². The summed E-state index contributed by atoms with van der Waals surface area (Å²) in [6, 6.07) is 12.3. The van der Waals surface area contributed by atoms with E-state index in [2.05, 4.69) is 4.98 Å². The Morgan fingerprint density at radius 3 is 2.65 bits per heavy atom. The van der Waals surface area contributed by atoms with Crippen molar-refractivity contribution in [2.75, 3.05) is 0 Å². The molecule has 1 heterocycles. The summed E-state index contributed by atoms with van der Waals surface area (Å²) >= 11 is 5.84. The van der Waals surface area contributed by atoms with E-state index in [1.54, 1.807) is 24.4 Å². The maximum atomic E-state index is 11.3. The molecule has 0 fully saturated rings. The topological polar surface area (TPSA) is 65.3 Å². The first-order chi connectivity index (χ1) is 11.0. The van der Waals surface area contributed by atoms with Gasteiger partial charge < -0.3 is 4.74 Å². The van der Waals surface area contributed by atoms with Crippen LogP contribution in [0.4, 0.5) is 5.69 Å². The molecule has 0 atom stereocenters. The van der Waals surface area contributed by atoms with Gasteiger partial charge in [0.2, 0.25) is 0 Å². The number of nitrogens with zero attached hydrogens (tertiary/aromatic N) is 2. The molecule has 23 heavy (non-hydrogen) atoms. The lowest BCUT2D eigenvalue weighted by Gasteiger charge is -2.09. The smallest absolute Gasteiger partial charge is 0.299 e. The summed E-state index contributed by atoms with van der Waals surface area (Å²) in [5.74, 6) is 0.440. The molecule has 2 aromatic carbocycles. The largest absolute Gasteiger partial charge is 0.489 e. The molecule has 3 aromatic rings. The second kappa shape index (κ2) is 6.22. The molecule has 0 aliphatic carbocycles. The number of aromatic nitrogens is 1. The number of hydrogen-bond acceptors (Lipinski definition) is 4. The van der Waals surface area contributed by atoms with Gasteiger partial charge in [0.15, 0.2) is 0 Å². The van der Waals surface area contributed by atoms with Gasteiger partial charge >= 0.3 is 0 Å². The minimum absolute atomic E-state index is 0.0580. The Hall–Kier alpha value is -2.66. The van der Waals surface area contributed by atoms with E-state index < -0.39 is 4.92 Å². The van der Waals surface area contributed by atoms with Crippen LogP contribution < -0.4 is 4.74 Å². The highest BCUT2D eigenvalue weighted by Crippen LogP contribution is 2.31. The summed E-state index contributed by atoms with van der Waals surface area (Å²) in [4.78, 5) is 15.0. The van der Waals surface area contributed by atoms with Crippen LogP contribution in [0.1, 0.15) is 11.1 Å². The van der Waals surface area contributed by atoms with E-state index in [1.165, 1.54) is 6.07 Å². The molecule has 1 aromatic heterocycles. The number of pyridine rings is 1. The highest BCUT2D eigenvalue weighted by Gasteiger charge is 2.17. The maximum absolute atomic E-state index is 11.3. The number of nitro groups is 1. The predicted molar refractivity (Wildman–Crippen MR) is 88.9 cm³/mol. The third kappa shape index (κ3) is 3.24. The molecule has 0 saturated carbocycles. The van der Waals surface area contributed by atoms with Crippen molar-refractivity contribution in [1.29, 1.82) is 0 Å². The molecule has 5 nitrogen and oxygen atoms in total. The van der Waals surface area contributed by atoms with Crippen molar-refractivity contribution in [1.82, 2.24) is 4.98 Å². The first-order valence-electron chi connectivity index (χ1n) is 6.95. The number of rotatable bonds is 4. The summed E-state index contributed by atoms with van der Waals surface area (Å²) in [6.45, 7) is 2.19.